The lowest BCUT2D eigenvalue weighted by Gasteiger charge is -2.37. The molecule has 0 fully saturated rings. The Hall–Kier alpha value is -7.17. The van der Waals surface area contributed by atoms with Gasteiger partial charge in [-0.05, 0) is 124 Å². The van der Waals surface area contributed by atoms with E-state index in [0.717, 1.165) is 74.3 Å². The van der Waals surface area contributed by atoms with Gasteiger partial charge < -0.3 is 5.32 Å². The Morgan fingerprint density at radius 1 is 0.617 bits per heavy atom. The Bertz CT molecular complexity index is 2790. The van der Waals surface area contributed by atoms with Gasteiger partial charge in [0.25, 0.3) is 0 Å². The molecule has 2 atom stereocenters. The van der Waals surface area contributed by atoms with Crippen LogP contribution in [0.2, 0.25) is 0 Å². The van der Waals surface area contributed by atoms with Crippen LogP contribution < -0.4 is 5.32 Å². The molecule has 292 valence electrons. The molecule has 6 aromatic carbocycles. The van der Waals surface area contributed by atoms with E-state index in [-0.39, 0.29) is 5.92 Å². The molecule has 2 aliphatic rings. The van der Waals surface area contributed by atoms with E-state index < -0.39 is 5.66 Å². The fraction of sp³-hybridized carbons (Fsp3) is 0.125. The van der Waals surface area contributed by atoms with Gasteiger partial charge >= 0.3 is 0 Å². The number of hydrogen-bond donors (Lipinski definition) is 1. The van der Waals surface area contributed by atoms with Crippen LogP contribution in [-0.4, -0.2) is 16.9 Å². The van der Waals surface area contributed by atoms with Gasteiger partial charge in [0.15, 0.2) is 5.66 Å². The molecule has 4 nitrogen and oxygen atoms in total. The zero-order chi connectivity index (χ0) is 40.9. The molecule has 2 heterocycles. The minimum Gasteiger partial charge on any atom is -0.357 e. The fourth-order valence-electron chi connectivity index (χ4n) is 8.32. The maximum absolute atomic E-state index is 5.70. The minimum absolute atomic E-state index is 0.223. The summed E-state index contributed by atoms with van der Waals surface area (Å²) in [5, 5.41) is 4.04. The molecule has 4 heteroatoms. The number of allylic oxidation sites excluding steroid dienone is 5. The largest absolute Gasteiger partial charge is 0.357 e. The smallest absolute Gasteiger partial charge is 0.153 e. The van der Waals surface area contributed by atoms with Crippen LogP contribution in [0, 0.1) is 0 Å². The summed E-state index contributed by atoms with van der Waals surface area (Å²) in [6.07, 6.45) is 18.5. The van der Waals surface area contributed by atoms with E-state index in [1.807, 2.05) is 31.7 Å². The van der Waals surface area contributed by atoms with Crippen molar-refractivity contribution in [3.63, 3.8) is 0 Å². The van der Waals surface area contributed by atoms with Gasteiger partial charge in [-0.3, -0.25) is 15.0 Å². The number of hydrogen-bond acceptors (Lipinski definition) is 4. The molecule has 1 aromatic heterocycles. The molecule has 1 aliphatic carbocycles. The number of anilines is 1. The summed E-state index contributed by atoms with van der Waals surface area (Å²) in [5.41, 5.74) is 17.4. The van der Waals surface area contributed by atoms with Gasteiger partial charge in [-0.1, -0.05) is 146 Å². The Balaban J connectivity index is 1.24. The SMILES string of the molecule is C/C=N\C=C/C(C)c1ccc(C2(C)N=C(c3ccc(-c4ccncc4)cc3)c3cc(-c4cccc(-c5ccccc5)c4)cc(-c4cccc(C5=CCCC=C5)c4)c3N2)cc1. The Morgan fingerprint density at radius 3 is 1.98 bits per heavy atom. The number of pyridine rings is 1. The van der Waals surface area contributed by atoms with Gasteiger partial charge in [-0.25, -0.2) is 0 Å². The maximum atomic E-state index is 5.70. The molecular weight excluding hydrogens is 729 g/mol. The summed E-state index contributed by atoms with van der Waals surface area (Å²) < 4.78 is 0. The van der Waals surface area contributed by atoms with Crippen LogP contribution >= 0.6 is 0 Å². The zero-order valence-electron chi connectivity index (χ0n) is 34.4. The predicted octanol–water partition coefficient (Wildman–Crippen LogP) is 14.3. The van der Waals surface area contributed by atoms with Crippen LogP contribution in [0.4, 0.5) is 5.69 Å². The van der Waals surface area contributed by atoms with Crippen molar-refractivity contribution in [2.24, 2.45) is 9.98 Å². The van der Waals surface area contributed by atoms with Crippen molar-refractivity contribution in [3.05, 3.63) is 222 Å². The van der Waals surface area contributed by atoms with Gasteiger partial charge in [0.1, 0.15) is 0 Å². The summed E-state index contributed by atoms with van der Waals surface area (Å²) in [5.74, 6) is 0.223. The van der Waals surface area contributed by atoms with Crippen LogP contribution in [0.1, 0.15) is 67.3 Å². The van der Waals surface area contributed by atoms with Crippen molar-refractivity contribution < 1.29 is 0 Å². The zero-order valence-corrected chi connectivity index (χ0v) is 34.4. The van der Waals surface area contributed by atoms with Gasteiger partial charge in [0, 0.05) is 47.4 Å². The average Bonchev–Trinajstić information content (AvgIpc) is 3.32. The second kappa shape index (κ2) is 17.0. The lowest BCUT2D eigenvalue weighted by Crippen LogP contribution is -2.36. The molecule has 2 unspecified atom stereocenters. The van der Waals surface area contributed by atoms with Crippen molar-refractivity contribution in [1.82, 2.24) is 4.98 Å². The Labute approximate surface area is 354 Å². The normalized spacial score (nSPS) is 16.6. The predicted molar refractivity (Wildman–Crippen MR) is 254 cm³/mol. The molecule has 60 heavy (non-hydrogen) atoms. The van der Waals surface area contributed by atoms with Gasteiger partial charge in [-0.15, -0.1) is 0 Å². The first-order chi connectivity index (χ1) is 29.5. The third-order valence-electron chi connectivity index (χ3n) is 11.7. The van der Waals surface area contributed by atoms with Crippen LogP contribution in [0.25, 0.3) is 50.1 Å². The number of benzene rings is 6. The highest BCUT2D eigenvalue weighted by Crippen LogP contribution is 2.45. The molecule has 0 amide bonds. The number of rotatable bonds is 10. The van der Waals surface area contributed by atoms with Crippen molar-refractivity contribution in [2.75, 3.05) is 5.32 Å². The Kier molecular flexibility index (Phi) is 10.8. The maximum Gasteiger partial charge on any atom is 0.153 e. The highest BCUT2D eigenvalue weighted by molar-refractivity contribution is 6.19. The second-order valence-corrected chi connectivity index (χ2v) is 15.7. The van der Waals surface area contributed by atoms with E-state index in [1.165, 1.54) is 27.8 Å². The summed E-state index contributed by atoms with van der Waals surface area (Å²) in [6.45, 7) is 6.33. The van der Waals surface area contributed by atoms with Crippen LogP contribution in [0.15, 0.2) is 205 Å². The molecule has 0 radical (unpaired) electrons. The second-order valence-electron chi connectivity index (χ2n) is 15.7. The molecular formula is C56H48N4. The van der Waals surface area contributed by atoms with Crippen molar-refractivity contribution in [2.45, 2.75) is 45.2 Å². The van der Waals surface area contributed by atoms with E-state index in [4.69, 9.17) is 4.99 Å². The van der Waals surface area contributed by atoms with E-state index in [2.05, 4.69) is 205 Å². The molecule has 7 aromatic rings. The highest BCUT2D eigenvalue weighted by Gasteiger charge is 2.35. The lowest BCUT2D eigenvalue weighted by molar-refractivity contribution is 0.572. The molecule has 0 saturated heterocycles. The molecule has 0 spiro atoms. The molecule has 1 aliphatic heterocycles. The van der Waals surface area contributed by atoms with Crippen molar-refractivity contribution in [3.8, 4) is 44.5 Å². The first-order valence-corrected chi connectivity index (χ1v) is 20.9. The molecule has 0 bridgehead atoms. The van der Waals surface area contributed by atoms with Crippen LogP contribution in [0.5, 0.6) is 0 Å². The quantitative estimate of drug-likeness (QED) is 0.141. The summed E-state index contributed by atoms with van der Waals surface area (Å²) >= 11 is 0. The minimum atomic E-state index is -0.772. The number of nitrogens with one attached hydrogen (secondary N) is 1. The summed E-state index contributed by atoms with van der Waals surface area (Å²) in [4.78, 5) is 14.2. The average molecular weight is 777 g/mol. The van der Waals surface area contributed by atoms with Crippen LogP contribution in [0.3, 0.4) is 0 Å². The third kappa shape index (κ3) is 7.97. The summed E-state index contributed by atoms with van der Waals surface area (Å²) in [6, 6.07) is 55.0. The fourth-order valence-corrected chi connectivity index (χ4v) is 8.32. The standard InChI is InChI=1S/C56H48N4/c1-4-57-32-29-39(2)40-25-27-51(28-26-40)56(3)59-54(45-23-21-43(22-24-45)44-30-33-58-34-31-44)53-38-50(48-19-11-17-46(35-48)41-13-7-5-8-14-41)37-52(55(53)60-56)49-20-12-18-47(36-49)42-15-9-6-10-16-42/h4-5,7-9,11-39,60H,6,10H2,1-3H3/b32-29-,57-4-. The number of aliphatic imine (C=N–C) groups is 2. The van der Waals surface area contributed by atoms with Gasteiger partial charge in [-0.2, -0.15) is 0 Å². The van der Waals surface area contributed by atoms with Crippen LogP contribution in [-0.2, 0) is 5.66 Å². The number of fused-ring (bicyclic) bond motifs is 1. The molecule has 1 N–H and O–H groups in total. The molecule has 0 saturated carbocycles. The first-order valence-electron chi connectivity index (χ1n) is 20.9. The summed E-state index contributed by atoms with van der Waals surface area (Å²) in [7, 11) is 0. The lowest BCUT2D eigenvalue weighted by atomic mass is 9.85. The van der Waals surface area contributed by atoms with Crippen molar-refractivity contribution in [1.29, 1.82) is 0 Å². The number of nitrogens with zero attached hydrogens (tertiary/aromatic N) is 3. The molecule has 9 rings (SSSR count). The number of aromatic nitrogens is 1. The first kappa shape index (κ1) is 38.4. The van der Waals surface area contributed by atoms with E-state index >= 15 is 0 Å². The Morgan fingerprint density at radius 2 is 1.25 bits per heavy atom. The van der Waals surface area contributed by atoms with Gasteiger partial charge in [0.2, 0.25) is 0 Å². The third-order valence-corrected chi connectivity index (χ3v) is 11.7. The van der Waals surface area contributed by atoms with E-state index in [1.54, 1.807) is 0 Å². The van der Waals surface area contributed by atoms with E-state index in [9.17, 15) is 0 Å². The highest BCUT2D eigenvalue weighted by atomic mass is 15.2. The van der Waals surface area contributed by atoms with Crippen molar-refractivity contribution >= 4 is 23.2 Å². The monoisotopic (exact) mass is 776 g/mol. The van der Waals surface area contributed by atoms with E-state index in [0.29, 0.717) is 0 Å². The van der Waals surface area contributed by atoms with Gasteiger partial charge in [0.05, 0.1) is 11.4 Å². The topological polar surface area (TPSA) is 49.6 Å².